The van der Waals surface area contributed by atoms with Crippen molar-refractivity contribution in [3.63, 3.8) is 0 Å². The molecule has 0 aromatic carbocycles. The third-order valence-corrected chi connectivity index (χ3v) is 2.74. The first-order chi connectivity index (χ1) is 9.34. The number of carbonyl (C=O) groups excluding carboxylic acids is 2. The minimum absolute atomic E-state index is 0.158. The average Bonchev–Trinajstić information content (AvgIpc) is 2.38. The van der Waals surface area contributed by atoms with Crippen LogP contribution in [0.15, 0.2) is 5.16 Å². The van der Waals surface area contributed by atoms with Crippen molar-refractivity contribution in [2.24, 2.45) is 22.7 Å². The summed E-state index contributed by atoms with van der Waals surface area (Å²) in [6, 6.07) is -0.716. The largest absolute Gasteiger partial charge is 0.409 e. The lowest BCUT2D eigenvalue weighted by atomic mass is 9.93. The molecule has 0 fully saturated rings. The van der Waals surface area contributed by atoms with Gasteiger partial charge in [0.25, 0.3) is 0 Å². The van der Waals surface area contributed by atoms with Crippen LogP contribution in [-0.2, 0) is 14.3 Å². The van der Waals surface area contributed by atoms with E-state index in [1.807, 2.05) is 0 Å². The fraction of sp³-hybridized carbons (Fsp3) is 0.750. The van der Waals surface area contributed by atoms with Crippen LogP contribution in [0.5, 0.6) is 0 Å². The van der Waals surface area contributed by atoms with Crippen LogP contribution in [0.25, 0.3) is 0 Å². The number of nitrogens with zero attached hydrogens (tertiary/aromatic N) is 1. The highest BCUT2D eigenvalue weighted by molar-refractivity contribution is 6.03. The molecule has 0 aliphatic heterocycles. The Morgan fingerprint density at radius 2 is 1.90 bits per heavy atom. The molecule has 116 valence electrons. The summed E-state index contributed by atoms with van der Waals surface area (Å²) in [6.07, 6.45) is 0. The van der Waals surface area contributed by atoms with Gasteiger partial charge in [0, 0.05) is 13.7 Å². The van der Waals surface area contributed by atoms with Crippen LogP contribution < -0.4 is 16.4 Å². The molecule has 0 aromatic rings. The predicted molar refractivity (Wildman–Crippen MR) is 74.2 cm³/mol. The van der Waals surface area contributed by atoms with Crippen LogP contribution in [-0.4, -0.2) is 49.2 Å². The molecule has 8 heteroatoms. The molecule has 20 heavy (non-hydrogen) atoms. The van der Waals surface area contributed by atoms with E-state index < -0.39 is 17.9 Å². The zero-order chi connectivity index (χ0) is 15.7. The normalized spacial score (nSPS) is 14.8. The van der Waals surface area contributed by atoms with Gasteiger partial charge in [-0.25, -0.2) is 0 Å². The Morgan fingerprint density at radius 1 is 1.30 bits per heavy atom. The minimum Gasteiger partial charge on any atom is -0.409 e. The second-order valence-corrected chi connectivity index (χ2v) is 4.76. The van der Waals surface area contributed by atoms with Gasteiger partial charge in [0.1, 0.15) is 12.0 Å². The summed E-state index contributed by atoms with van der Waals surface area (Å²) < 4.78 is 4.81. The molecule has 2 unspecified atom stereocenters. The molecule has 0 saturated heterocycles. The number of nitrogens with two attached hydrogens (primary N) is 1. The molecule has 0 saturated carbocycles. The molecule has 0 radical (unpaired) electrons. The first-order valence-electron chi connectivity index (χ1n) is 6.39. The summed E-state index contributed by atoms with van der Waals surface area (Å²) >= 11 is 0. The maximum absolute atomic E-state index is 12.0. The standard InChI is InChI=1S/C12H24N4O4/c1-7(2)9(10(13)16-19)12(18)15-8(3)11(17)14-5-6-20-4/h7-9,19H,5-6H2,1-4H3,(H2,13,16)(H,14,17)(H,15,18). The third-order valence-electron chi connectivity index (χ3n) is 2.74. The summed E-state index contributed by atoms with van der Waals surface area (Å²) in [5.41, 5.74) is 5.49. The van der Waals surface area contributed by atoms with Crippen LogP contribution >= 0.6 is 0 Å². The number of carbonyl (C=O) groups is 2. The number of ether oxygens (including phenoxy) is 1. The molecular weight excluding hydrogens is 264 g/mol. The van der Waals surface area contributed by atoms with Crippen LogP contribution in [0.3, 0.4) is 0 Å². The van der Waals surface area contributed by atoms with Crippen molar-refractivity contribution in [2.45, 2.75) is 26.8 Å². The van der Waals surface area contributed by atoms with Gasteiger partial charge in [-0.15, -0.1) is 0 Å². The Bertz CT molecular complexity index is 357. The maximum Gasteiger partial charge on any atom is 0.242 e. The van der Waals surface area contributed by atoms with Crippen molar-refractivity contribution in [3.05, 3.63) is 0 Å². The van der Waals surface area contributed by atoms with E-state index in [1.165, 1.54) is 7.11 Å². The molecular formula is C12H24N4O4. The first kappa shape index (κ1) is 18.2. The second-order valence-electron chi connectivity index (χ2n) is 4.76. The molecule has 0 aliphatic carbocycles. The minimum atomic E-state index is -0.783. The van der Waals surface area contributed by atoms with Crippen molar-refractivity contribution in [1.29, 1.82) is 0 Å². The fourth-order valence-corrected chi connectivity index (χ4v) is 1.64. The number of nitrogens with one attached hydrogen (secondary N) is 2. The maximum atomic E-state index is 12.0. The van der Waals surface area contributed by atoms with Crippen molar-refractivity contribution < 1.29 is 19.5 Å². The van der Waals surface area contributed by atoms with Gasteiger partial charge >= 0.3 is 0 Å². The Morgan fingerprint density at radius 3 is 2.35 bits per heavy atom. The monoisotopic (exact) mass is 288 g/mol. The van der Waals surface area contributed by atoms with Crippen molar-refractivity contribution in [3.8, 4) is 0 Å². The third kappa shape index (κ3) is 5.87. The Balaban J connectivity index is 4.52. The first-order valence-corrected chi connectivity index (χ1v) is 6.39. The highest BCUT2D eigenvalue weighted by Gasteiger charge is 2.28. The van der Waals surface area contributed by atoms with Gasteiger partial charge in [-0.3, -0.25) is 9.59 Å². The van der Waals surface area contributed by atoms with E-state index in [2.05, 4.69) is 15.8 Å². The van der Waals surface area contributed by atoms with E-state index in [9.17, 15) is 9.59 Å². The SMILES string of the molecule is COCCNC(=O)C(C)NC(=O)C(C(N)=NO)C(C)C. The number of hydrogen-bond donors (Lipinski definition) is 4. The van der Waals surface area contributed by atoms with Gasteiger partial charge in [-0.1, -0.05) is 19.0 Å². The van der Waals surface area contributed by atoms with Gasteiger partial charge in [0.05, 0.1) is 6.61 Å². The zero-order valence-electron chi connectivity index (χ0n) is 12.3. The summed E-state index contributed by atoms with van der Waals surface area (Å²) in [6.45, 7) is 5.86. The lowest BCUT2D eigenvalue weighted by Gasteiger charge is -2.21. The number of amides is 2. The van der Waals surface area contributed by atoms with Crippen LogP contribution in [0.4, 0.5) is 0 Å². The van der Waals surface area contributed by atoms with Crippen molar-refractivity contribution in [2.75, 3.05) is 20.3 Å². The number of oxime groups is 1. The fourth-order valence-electron chi connectivity index (χ4n) is 1.64. The Kier molecular flexibility index (Phi) is 8.30. The van der Waals surface area contributed by atoms with Crippen molar-refractivity contribution >= 4 is 17.6 Å². The average molecular weight is 288 g/mol. The topological polar surface area (TPSA) is 126 Å². The van der Waals surface area contributed by atoms with Gasteiger partial charge < -0.3 is 26.3 Å². The second kappa shape index (κ2) is 9.13. The number of rotatable bonds is 8. The lowest BCUT2D eigenvalue weighted by Crippen LogP contribution is -2.50. The molecule has 0 aromatic heterocycles. The number of amidine groups is 1. The van der Waals surface area contributed by atoms with Crippen LogP contribution in [0.2, 0.25) is 0 Å². The highest BCUT2D eigenvalue weighted by atomic mass is 16.5. The predicted octanol–water partition coefficient (Wildman–Crippen LogP) is -0.728. The lowest BCUT2D eigenvalue weighted by molar-refractivity contribution is -0.130. The summed E-state index contributed by atoms with van der Waals surface area (Å²) in [4.78, 5) is 23.7. The molecule has 0 heterocycles. The summed E-state index contributed by atoms with van der Waals surface area (Å²) in [7, 11) is 1.53. The van der Waals surface area contributed by atoms with Crippen LogP contribution in [0, 0.1) is 11.8 Å². The molecule has 5 N–H and O–H groups in total. The van der Waals surface area contributed by atoms with Gasteiger partial charge in [0.2, 0.25) is 11.8 Å². The van der Waals surface area contributed by atoms with Gasteiger partial charge in [0.15, 0.2) is 5.84 Å². The van der Waals surface area contributed by atoms with E-state index >= 15 is 0 Å². The Labute approximate surface area is 118 Å². The molecule has 2 atom stereocenters. The van der Waals surface area contributed by atoms with Crippen molar-refractivity contribution in [1.82, 2.24) is 10.6 Å². The van der Waals surface area contributed by atoms with E-state index in [1.54, 1.807) is 20.8 Å². The van der Waals surface area contributed by atoms with Gasteiger partial charge in [-0.05, 0) is 12.8 Å². The molecule has 8 nitrogen and oxygen atoms in total. The van der Waals surface area contributed by atoms with Gasteiger partial charge in [-0.2, -0.15) is 0 Å². The Hall–Kier alpha value is -1.83. The molecule has 0 aliphatic rings. The highest BCUT2D eigenvalue weighted by Crippen LogP contribution is 2.11. The zero-order valence-corrected chi connectivity index (χ0v) is 12.3. The molecule has 2 amide bonds. The smallest absolute Gasteiger partial charge is 0.242 e. The van der Waals surface area contributed by atoms with E-state index in [4.69, 9.17) is 15.7 Å². The summed E-state index contributed by atoms with van der Waals surface area (Å²) in [5.74, 6) is -1.89. The summed E-state index contributed by atoms with van der Waals surface area (Å²) in [5, 5.41) is 16.7. The van der Waals surface area contributed by atoms with E-state index in [0.717, 1.165) is 0 Å². The van der Waals surface area contributed by atoms with E-state index in [-0.39, 0.29) is 17.7 Å². The number of methoxy groups -OCH3 is 1. The molecule has 0 spiro atoms. The van der Waals surface area contributed by atoms with Crippen LogP contribution in [0.1, 0.15) is 20.8 Å². The number of hydrogen-bond acceptors (Lipinski definition) is 5. The van der Waals surface area contributed by atoms with E-state index in [0.29, 0.717) is 13.2 Å². The molecule has 0 rings (SSSR count). The quantitative estimate of drug-likeness (QED) is 0.154. The molecule has 0 bridgehead atoms.